The highest BCUT2D eigenvalue weighted by molar-refractivity contribution is 6.29. The lowest BCUT2D eigenvalue weighted by molar-refractivity contribution is 0.112. The highest BCUT2D eigenvalue weighted by Crippen LogP contribution is 2.25. The van der Waals surface area contributed by atoms with Gasteiger partial charge >= 0.3 is 0 Å². The Bertz CT molecular complexity index is 539. The Labute approximate surface area is 105 Å². The normalized spacial score (nSPS) is 12.1. The van der Waals surface area contributed by atoms with E-state index >= 15 is 0 Å². The number of hydrogen-bond acceptors (Lipinski definition) is 2. The Hall–Kier alpha value is -1.67. The first kappa shape index (κ1) is 11.8. The molecule has 0 radical (unpaired) electrons. The first-order chi connectivity index (χ1) is 8.20. The summed E-state index contributed by atoms with van der Waals surface area (Å²) in [5.41, 5.74) is 2.87. The summed E-state index contributed by atoms with van der Waals surface area (Å²) in [4.78, 5) is 14.7. The molecule has 1 unspecified atom stereocenters. The van der Waals surface area contributed by atoms with Crippen LogP contribution in [0.3, 0.4) is 0 Å². The molecule has 1 heterocycles. The quantitative estimate of drug-likeness (QED) is 0.610. The summed E-state index contributed by atoms with van der Waals surface area (Å²) in [5, 5.41) is 0.487. The molecule has 2 rings (SSSR count). The molecule has 0 spiro atoms. The van der Waals surface area contributed by atoms with Crippen molar-refractivity contribution >= 4 is 17.9 Å². The zero-order valence-corrected chi connectivity index (χ0v) is 10.2. The number of pyridine rings is 1. The zero-order chi connectivity index (χ0) is 12.3. The van der Waals surface area contributed by atoms with E-state index in [1.165, 1.54) is 0 Å². The van der Waals surface area contributed by atoms with Crippen molar-refractivity contribution in [2.45, 2.75) is 12.8 Å². The number of rotatable bonds is 3. The van der Waals surface area contributed by atoms with E-state index in [1.54, 1.807) is 12.3 Å². The van der Waals surface area contributed by atoms with Crippen LogP contribution in [0.15, 0.2) is 42.6 Å². The molecule has 0 fully saturated rings. The van der Waals surface area contributed by atoms with Crippen molar-refractivity contribution in [3.8, 4) is 0 Å². The third-order valence-corrected chi connectivity index (χ3v) is 3.00. The number of halogens is 1. The largest absolute Gasteiger partial charge is 0.298 e. The average molecular weight is 246 g/mol. The molecule has 0 saturated carbocycles. The maximum atomic E-state index is 10.7. The van der Waals surface area contributed by atoms with Crippen LogP contribution in [0.1, 0.15) is 34.3 Å². The minimum atomic E-state index is 0.190. The fourth-order valence-corrected chi connectivity index (χ4v) is 1.96. The van der Waals surface area contributed by atoms with Crippen molar-refractivity contribution in [2.24, 2.45) is 0 Å². The predicted octanol–water partition coefficient (Wildman–Crippen LogP) is 3.70. The summed E-state index contributed by atoms with van der Waals surface area (Å²) in [6, 6.07) is 11.4. The van der Waals surface area contributed by atoms with Gasteiger partial charge in [0.1, 0.15) is 11.4 Å². The molecule has 0 amide bonds. The number of carbonyl (C=O) groups is 1. The number of hydrogen-bond donors (Lipinski definition) is 0. The smallest absolute Gasteiger partial charge is 0.150 e. The number of nitrogens with zero attached hydrogens (tertiary/aromatic N) is 1. The second kappa shape index (κ2) is 5.11. The minimum Gasteiger partial charge on any atom is -0.298 e. The van der Waals surface area contributed by atoms with Crippen LogP contribution in [0.25, 0.3) is 0 Å². The van der Waals surface area contributed by atoms with Gasteiger partial charge in [0.05, 0.1) is 0 Å². The first-order valence-electron chi connectivity index (χ1n) is 5.37. The molecule has 0 aliphatic carbocycles. The Morgan fingerprint density at radius 2 is 2.00 bits per heavy atom. The zero-order valence-electron chi connectivity index (χ0n) is 9.43. The lowest BCUT2D eigenvalue weighted by atomic mass is 9.93. The van der Waals surface area contributed by atoms with Crippen molar-refractivity contribution in [1.82, 2.24) is 4.98 Å². The first-order valence-corrected chi connectivity index (χ1v) is 5.75. The molecule has 0 aliphatic rings. The predicted molar refractivity (Wildman–Crippen MR) is 68.6 cm³/mol. The fourth-order valence-electron chi connectivity index (χ4n) is 1.78. The van der Waals surface area contributed by atoms with Crippen LogP contribution in [0, 0.1) is 0 Å². The van der Waals surface area contributed by atoms with Gasteiger partial charge in [-0.15, -0.1) is 0 Å². The molecule has 0 N–H and O–H groups in total. The summed E-state index contributed by atoms with van der Waals surface area (Å²) in [5.74, 6) is 0.190. The van der Waals surface area contributed by atoms with Crippen LogP contribution in [-0.2, 0) is 0 Å². The van der Waals surface area contributed by atoms with Crippen LogP contribution in [-0.4, -0.2) is 11.3 Å². The lowest BCUT2D eigenvalue weighted by Gasteiger charge is -2.12. The summed E-state index contributed by atoms with van der Waals surface area (Å²) in [7, 11) is 0. The van der Waals surface area contributed by atoms with Crippen molar-refractivity contribution in [1.29, 1.82) is 0 Å². The van der Waals surface area contributed by atoms with Gasteiger partial charge in [0.25, 0.3) is 0 Å². The molecule has 0 aliphatic heterocycles. The molecule has 1 aromatic carbocycles. The van der Waals surface area contributed by atoms with Crippen molar-refractivity contribution < 1.29 is 4.79 Å². The number of aromatic nitrogens is 1. The Morgan fingerprint density at radius 3 is 2.71 bits per heavy atom. The number of carbonyl (C=O) groups excluding carboxylic acids is 1. The molecular weight excluding hydrogens is 234 g/mol. The van der Waals surface area contributed by atoms with Crippen LogP contribution in [0.5, 0.6) is 0 Å². The van der Waals surface area contributed by atoms with E-state index in [0.717, 1.165) is 17.4 Å². The van der Waals surface area contributed by atoms with E-state index in [9.17, 15) is 4.79 Å². The molecule has 2 nitrogen and oxygen atoms in total. The summed E-state index contributed by atoms with van der Waals surface area (Å²) < 4.78 is 0. The van der Waals surface area contributed by atoms with E-state index < -0.39 is 0 Å². The van der Waals surface area contributed by atoms with Crippen LogP contribution >= 0.6 is 11.6 Å². The van der Waals surface area contributed by atoms with Gasteiger partial charge in [0.2, 0.25) is 0 Å². The van der Waals surface area contributed by atoms with Gasteiger partial charge in [-0.1, -0.05) is 36.7 Å². The fraction of sp³-hybridized carbons (Fsp3) is 0.143. The van der Waals surface area contributed by atoms with Crippen LogP contribution < -0.4 is 0 Å². The van der Waals surface area contributed by atoms with Gasteiger partial charge in [-0.2, -0.15) is 0 Å². The molecule has 3 heteroatoms. The molecule has 1 atom stereocenters. The Morgan fingerprint density at radius 1 is 1.24 bits per heavy atom. The van der Waals surface area contributed by atoms with E-state index in [4.69, 9.17) is 11.6 Å². The van der Waals surface area contributed by atoms with Gasteiger partial charge in [-0.25, -0.2) is 4.98 Å². The van der Waals surface area contributed by atoms with Crippen molar-refractivity contribution in [3.05, 3.63) is 64.4 Å². The summed E-state index contributed by atoms with van der Waals surface area (Å²) in [6.45, 7) is 2.08. The molecular formula is C14H12ClNO. The molecule has 2 aromatic rings. The van der Waals surface area contributed by atoms with Gasteiger partial charge in [-0.05, 0) is 29.3 Å². The molecule has 1 aromatic heterocycles. The maximum absolute atomic E-state index is 10.7. The topological polar surface area (TPSA) is 30.0 Å². The number of benzene rings is 1. The highest BCUT2D eigenvalue weighted by Gasteiger charge is 2.09. The summed E-state index contributed by atoms with van der Waals surface area (Å²) in [6.07, 6.45) is 2.55. The van der Waals surface area contributed by atoms with Gasteiger partial charge in [-0.3, -0.25) is 4.79 Å². The monoisotopic (exact) mass is 245 g/mol. The van der Waals surface area contributed by atoms with Crippen molar-refractivity contribution in [2.75, 3.05) is 0 Å². The van der Waals surface area contributed by atoms with Gasteiger partial charge in [0, 0.05) is 17.7 Å². The highest BCUT2D eigenvalue weighted by atomic mass is 35.5. The molecule has 0 saturated heterocycles. The average Bonchev–Trinajstić information content (AvgIpc) is 2.38. The Balaban J connectivity index is 2.36. The van der Waals surface area contributed by atoms with E-state index in [2.05, 4.69) is 11.9 Å². The maximum Gasteiger partial charge on any atom is 0.150 e. The third kappa shape index (κ3) is 2.71. The van der Waals surface area contributed by atoms with Gasteiger partial charge < -0.3 is 0 Å². The third-order valence-electron chi connectivity index (χ3n) is 2.80. The molecule has 0 bridgehead atoms. The second-order valence-electron chi connectivity index (χ2n) is 3.92. The lowest BCUT2D eigenvalue weighted by Crippen LogP contribution is -1.97. The van der Waals surface area contributed by atoms with Gasteiger partial charge in [0.15, 0.2) is 0 Å². The number of aldehydes is 1. The van der Waals surface area contributed by atoms with Crippen molar-refractivity contribution in [3.63, 3.8) is 0 Å². The SMILES string of the molecule is CC(c1cccc(C=O)c1)c1ccnc(Cl)c1. The molecule has 17 heavy (non-hydrogen) atoms. The van der Waals surface area contributed by atoms with Crippen LogP contribution in [0.2, 0.25) is 5.15 Å². The standard InChI is InChI=1S/C14H12ClNO/c1-10(13-5-6-16-14(15)8-13)12-4-2-3-11(7-12)9-17/h2-10H,1H3. The van der Waals surface area contributed by atoms with E-state index in [-0.39, 0.29) is 5.92 Å². The van der Waals surface area contributed by atoms with Crippen LogP contribution in [0.4, 0.5) is 0 Å². The minimum absolute atomic E-state index is 0.190. The Kier molecular flexibility index (Phi) is 3.55. The molecule has 86 valence electrons. The van der Waals surface area contributed by atoms with E-state index in [1.807, 2.05) is 30.3 Å². The second-order valence-corrected chi connectivity index (χ2v) is 4.31. The summed E-state index contributed by atoms with van der Waals surface area (Å²) >= 11 is 5.87. The van der Waals surface area contributed by atoms with E-state index in [0.29, 0.717) is 10.7 Å².